The molecule has 11 heteroatoms. The lowest BCUT2D eigenvalue weighted by Gasteiger charge is -2.30. The molecule has 1 heterocycles. The first-order valence-electron chi connectivity index (χ1n) is 13.1. The Morgan fingerprint density at radius 2 is 1.76 bits per heavy atom. The minimum atomic E-state index is -3.91. The van der Waals surface area contributed by atoms with Crippen LogP contribution in [0.4, 0.5) is 4.39 Å². The van der Waals surface area contributed by atoms with Crippen LogP contribution < -0.4 is 10.1 Å². The van der Waals surface area contributed by atoms with Gasteiger partial charge in [0, 0.05) is 32.0 Å². The molecule has 1 aliphatic rings. The summed E-state index contributed by atoms with van der Waals surface area (Å²) in [6, 6.07) is 21.4. The van der Waals surface area contributed by atoms with E-state index in [9.17, 15) is 22.7 Å². The molecule has 0 saturated carbocycles. The number of allylic oxidation sites excluding steroid dienone is 1. The summed E-state index contributed by atoms with van der Waals surface area (Å²) in [5, 5.41) is 12.3. The lowest BCUT2D eigenvalue weighted by atomic mass is 9.93. The first-order valence-corrected chi connectivity index (χ1v) is 14.6. The van der Waals surface area contributed by atoms with Gasteiger partial charge in [0.1, 0.15) is 11.6 Å². The Balaban J connectivity index is 1.43. The average molecular weight is 585 g/mol. The Kier molecular flexibility index (Phi) is 10.5. The first kappa shape index (κ1) is 30.2. The summed E-state index contributed by atoms with van der Waals surface area (Å²) in [4.78, 5) is 13.1. The predicted molar refractivity (Wildman–Crippen MR) is 150 cm³/mol. The molecular weight excluding hydrogens is 551 g/mol. The Bertz CT molecular complexity index is 1420. The number of nitrogens with one attached hydrogen (secondary N) is 1. The quantitative estimate of drug-likeness (QED) is 0.316. The van der Waals surface area contributed by atoms with Crippen LogP contribution in [0.25, 0.3) is 0 Å². The van der Waals surface area contributed by atoms with E-state index in [4.69, 9.17) is 14.2 Å². The molecule has 41 heavy (non-hydrogen) atoms. The molecule has 218 valence electrons. The van der Waals surface area contributed by atoms with Gasteiger partial charge in [-0.1, -0.05) is 42.5 Å². The largest absolute Gasteiger partial charge is 0.497 e. The first-order chi connectivity index (χ1) is 19.8. The van der Waals surface area contributed by atoms with Gasteiger partial charge in [0.25, 0.3) is 5.91 Å². The third kappa shape index (κ3) is 8.14. The highest BCUT2D eigenvalue weighted by Gasteiger charge is 2.30. The van der Waals surface area contributed by atoms with Crippen LogP contribution in [-0.2, 0) is 30.8 Å². The van der Waals surface area contributed by atoms with E-state index < -0.39 is 22.2 Å². The van der Waals surface area contributed by atoms with E-state index in [0.29, 0.717) is 12.2 Å². The van der Waals surface area contributed by atoms with Gasteiger partial charge in [-0.25, -0.2) is 12.8 Å². The number of carbonyl (C=O) groups excluding carboxylic acids is 1. The van der Waals surface area contributed by atoms with Crippen LogP contribution in [0, 0.1) is 5.82 Å². The fraction of sp³-hybridized carbons (Fsp3) is 0.300. The lowest BCUT2D eigenvalue weighted by molar-refractivity contribution is -0.146. The van der Waals surface area contributed by atoms with E-state index >= 15 is 0 Å². The lowest BCUT2D eigenvalue weighted by Crippen LogP contribution is -2.38. The van der Waals surface area contributed by atoms with Gasteiger partial charge in [0.2, 0.25) is 16.3 Å². The summed E-state index contributed by atoms with van der Waals surface area (Å²) in [7, 11) is -2.42. The van der Waals surface area contributed by atoms with Gasteiger partial charge in [-0.2, -0.15) is 4.31 Å². The maximum atomic E-state index is 13.2. The smallest absolute Gasteiger partial charge is 0.286 e. The molecule has 9 nitrogen and oxygen atoms in total. The third-order valence-electron chi connectivity index (χ3n) is 6.57. The van der Waals surface area contributed by atoms with Gasteiger partial charge in [-0.3, -0.25) is 4.79 Å². The normalized spacial score (nSPS) is 17.0. The van der Waals surface area contributed by atoms with Crippen LogP contribution in [-0.4, -0.2) is 63.4 Å². The Morgan fingerprint density at radius 1 is 1.05 bits per heavy atom. The van der Waals surface area contributed by atoms with Gasteiger partial charge < -0.3 is 24.6 Å². The molecule has 0 radical (unpaired) electrons. The van der Waals surface area contributed by atoms with E-state index in [2.05, 4.69) is 5.32 Å². The van der Waals surface area contributed by atoms with Crippen LogP contribution in [0.3, 0.4) is 0 Å². The molecule has 0 aliphatic carbocycles. The highest BCUT2D eigenvalue weighted by Crippen LogP contribution is 2.31. The van der Waals surface area contributed by atoms with Crippen LogP contribution in [0.1, 0.15) is 23.5 Å². The zero-order valence-electron chi connectivity index (χ0n) is 22.6. The fourth-order valence-corrected chi connectivity index (χ4v) is 5.78. The number of aliphatic hydroxyl groups is 1. The molecule has 2 N–H and O–H groups in total. The minimum absolute atomic E-state index is 0.0357. The van der Waals surface area contributed by atoms with Crippen molar-refractivity contribution in [1.82, 2.24) is 9.62 Å². The number of methoxy groups -OCH3 is 1. The van der Waals surface area contributed by atoms with Gasteiger partial charge in [0.05, 0.1) is 25.2 Å². The number of sulfonamides is 1. The summed E-state index contributed by atoms with van der Waals surface area (Å²) >= 11 is 0. The Morgan fingerprint density at radius 3 is 2.41 bits per heavy atom. The van der Waals surface area contributed by atoms with Crippen LogP contribution in [0.2, 0.25) is 0 Å². The summed E-state index contributed by atoms with van der Waals surface area (Å²) in [5.74, 6) is -0.395. The summed E-state index contributed by atoms with van der Waals surface area (Å²) < 4.78 is 57.7. The van der Waals surface area contributed by atoms with Crippen LogP contribution >= 0.6 is 0 Å². The molecule has 2 atom stereocenters. The molecular formula is C30H33FN2O7S. The second kappa shape index (κ2) is 14.2. The number of benzene rings is 3. The maximum Gasteiger partial charge on any atom is 0.286 e. The highest BCUT2D eigenvalue weighted by molar-refractivity contribution is 7.89. The third-order valence-corrected chi connectivity index (χ3v) is 8.48. The van der Waals surface area contributed by atoms with Crippen molar-refractivity contribution >= 4 is 15.9 Å². The number of hydrogen-bond acceptors (Lipinski definition) is 7. The van der Waals surface area contributed by atoms with Gasteiger partial charge in [-0.15, -0.1) is 0 Å². The van der Waals surface area contributed by atoms with Crippen molar-refractivity contribution in [2.24, 2.45) is 0 Å². The van der Waals surface area contributed by atoms with Crippen LogP contribution in [0.15, 0.2) is 95.6 Å². The van der Waals surface area contributed by atoms with Crippen molar-refractivity contribution in [3.05, 3.63) is 108 Å². The SMILES string of the molecule is COc1ccc(S(=O)(=O)N(CCO)CCO[C@H]2C[C@@H](c3ccccc3)C=C(C(=O)NCc3ccc(F)cc3)O2)cc1. The van der Waals surface area contributed by atoms with E-state index in [1.165, 1.54) is 31.4 Å². The van der Waals surface area contributed by atoms with Crippen molar-refractivity contribution in [2.45, 2.75) is 30.1 Å². The number of rotatable bonds is 13. The van der Waals surface area contributed by atoms with Gasteiger partial charge >= 0.3 is 0 Å². The maximum absolute atomic E-state index is 13.2. The molecule has 3 aromatic rings. The van der Waals surface area contributed by atoms with Crippen molar-refractivity contribution in [1.29, 1.82) is 0 Å². The summed E-state index contributed by atoms with van der Waals surface area (Å²) in [6.45, 7) is -0.382. The molecule has 0 spiro atoms. The van der Waals surface area contributed by atoms with Crippen LogP contribution in [0.5, 0.6) is 5.75 Å². The minimum Gasteiger partial charge on any atom is -0.497 e. The molecule has 3 aromatic carbocycles. The van der Waals surface area contributed by atoms with Gasteiger partial charge in [0.15, 0.2) is 5.76 Å². The molecule has 0 fully saturated rings. The predicted octanol–water partition coefficient (Wildman–Crippen LogP) is 3.56. The number of nitrogens with zero attached hydrogens (tertiary/aromatic N) is 1. The molecule has 4 rings (SSSR count). The zero-order chi connectivity index (χ0) is 29.2. The van der Waals surface area contributed by atoms with Crippen molar-refractivity contribution in [3.8, 4) is 5.75 Å². The monoisotopic (exact) mass is 584 g/mol. The number of halogens is 1. The fourth-order valence-electron chi connectivity index (χ4n) is 4.37. The Labute approximate surface area is 239 Å². The van der Waals surface area contributed by atoms with E-state index in [1.807, 2.05) is 30.3 Å². The molecule has 1 aliphatic heterocycles. The second-order valence-electron chi connectivity index (χ2n) is 9.31. The topological polar surface area (TPSA) is 114 Å². The van der Waals surface area contributed by atoms with Crippen molar-refractivity contribution < 1.29 is 36.9 Å². The molecule has 0 aromatic heterocycles. The van der Waals surface area contributed by atoms with Crippen molar-refractivity contribution in [3.63, 3.8) is 0 Å². The number of ether oxygens (including phenoxy) is 3. The number of amides is 1. The van der Waals surface area contributed by atoms with Gasteiger partial charge in [-0.05, 0) is 53.6 Å². The number of carbonyl (C=O) groups is 1. The summed E-state index contributed by atoms with van der Waals surface area (Å²) in [5.41, 5.74) is 1.70. The standard InChI is InChI=1S/C30H33FN2O7S/c1-38-26-11-13-27(14-12-26)41(36,37)33(15-17-34)16-18-39-29-20-24(23-5-3-2-4-6-23)19-28(40-29)30(35)32-21-22-7-9-25(31)10-8-22/h2-14,19,24,29,34H,15-18,20-21H2,1H3,(H,32,35)/t24-,29+/m0/s1. The Hall–Kier alpha value is -3.77. The van der Waals surface area contributed by atoms with Crippen molar-refractivity contribution in [2.75, 3.05) is 33.4 Å². The summed E-state index contributed by atoms with van der Waals surface area (Å²) in [6.07, 6.45) is 1.32. The number of hydrogen-bond donors (Lipinski definition) is 2. The van der Waals surface area contributed by atoms with E-state index in [1.54, 1.807) is 30.3 Å². The zero-order valence-corrected chi connectivity index (χ0v) is 23.4. The molecule has 0 unspecified atom stereocenters. The number of aliphatic hydroxyl groups excluding tert-OH is 1. The molecule has 1 amide bonds. The van der Waals surface area contributed by atoms with E-state index in [-0.39, 0.29) is 55.2 Å². The highest BCUT2D eigenvalue weighted by atomic mass is 32.2. The second-order valence-corrected chi connectivity index (χ2v) is 11.3. The average Bonchev–Trinajstić information content (AvgIpc) is 3.00. The molecule has 0 saturated heterocycles. The molecule has 0 bridgehead atoms. The van der Waals surface area contributed by atoms with E-state index in [0.717, 1.165) is 15.4 Å².